The summed E-state index contributed by atoms with van der Waals surface area (Å²) in [6, 6.07) is 15.9. The molecule has 0 aliphatic carbocycles. The molecule has 2 heterocycles. The van der Waals surface area contributed by atoms with E-state index >= 15 is 0 Å². The van der Waals surface area contributed by atoms with Crippen molar-refractivity contribution in [3.05, 3.63) is 65.9 Å². The molecule has 0 bridgehead atoms. The maximum Gasteiger partial charge on any atom is 0.324 e. The Bertz CT molecular complexity index is 1120. The predicted molar refractivity (Wildman–Crippen MR) is 122 cm³/mol. The fraction of sp³-hybridized carbons (Fsp3) is 0.292. The summed E-state index contributed by atoms with van der Waals surface area (Å²) < 4.78 is 11.0. The lowest BCUT2D eigenvalue weighted by Crippen LogP contribution is -2.32. The number of hydrogen-bond acceptors (Lipinski definition) is 5. The highest BCUT2D eigenvalue weighted by atomic mass is 16.5. The van der Waals surface area contributed by atoms with Crippen molar-refractivity contribution >= 4 is 29.1 Å². The van der Waals surface area contributed by atoms with Crippen LogP contribution in [0, 0.1) is 5.92 Å². The number of hydrogen-bond donors (Lipinski definition) is 3. The van der Waals surface area contributed by atoms with Crippen LogP contribution in [-0.4, -0.2) is 23.7 Å². The van der Waals surface area contributed by atoms with Gasteiger partial charge in [-0.05, 0) is 42.3 Å². The van der Waals surface area contributed by atoms with E-state index in [2.05, 4.69) is 21.1 Å². The van der Waals surface area contributed by atoms with Gasteiger partial charge in [-0.2, -0.15) is 0 Å². The summed E-state index contributed by atoms with van der Waals surface area (Å²) in [5.41, 5.74) is 2.06. The second kappa shape index (κ2) is 8.74. The third-order valence-electron chi connectivity index (χ3n) is 5.15. The molecule has 1 aromatic heterocycles. The molecule has 3 aromatic rings. The van der Waals surface area contributed by atoms with Gasteiger partial charge in [0.25, 0.3) is 0 Å². The molecule has 1 aliphatic heterocycles. The van der Waals surface area contributed by atoms with Crippen LogP contribution in [0.5, 0.6) is 5.75 Å². The van der Waals surface area contributed by atoms with Crippen LogP contribution in [-0.2, 0) is 16.6 Å². The standard InChI is InChI=1S/C24H26N4O4/c1-24(2,3)20-13-21(28-32-20)27-23(30)26-18-10-8-17(9-11-18)25-22(29)16-12-15-6-4-5-7-19(15)31-14-16/h4-11,13,16H,12,14H2,1-3H3,(H,25,29)(H2,26,27,28,30). The number of carbonyl (C=O) groups excluding carboxylic acids is 2. The Morgan fingerprint density at radius 2 is 1.66 bits per heavy atom. The number of nitrogens with zero attached hydrogens (tertiary/aromatic N) is 1. The van der Waals surface area contributed by atoms with Crippen LogP contribution >= 0.6 is 0 Å². The number of para-hydroxylation sites is 1. The highest BCUT2D eigenvalue weighted by Crippen LogP contribution is 2.28. The molecule has 0 radical (unpaired) electrons. The summed E-state index contributed by atoms with van der Waals surface area (Å²) in [5, 5.41) is 12.1. The third-order valence-corrected chi connectivity index (χ3v) is 5.15. The van der Waals surface area contributed by atoms with Crippen LogP contribution in [0.15, 0.2) is 59.1 Å². The van der Waals surface area contributed by atoms with E-state index < -0.39 is 6.03 Å². The summed E-state index contributed by atoms with van der Waals surface area (Å²) in [6.45, 7) is 6.34. The van der Waals surface area contributed by atoms with E-state index in [-0.39, 0.29) is 17.2 Å². The van der Waals surface area contributed by atoms with Gasteiger partial charge in [0.05, 0.1) is 5.92 Å². The molecule has 32 heavy (non-hydrogen) atoms. The van der Waals surface area contributed by atoms with E-state index in [0.29, 0.717) is 36.0 Å². The lowest BCUT2D eigenvalue weighted by Gasteiger charge is -2.24. The molecule has 3 N–H and O–H groups in total. The van der Waals surface area contributed by atoms with Gasteiger partial charge in [0.1, 0.15) is 18.1 Å². The quantitative estimate of drug-likeness (QED) is 0.547. The Morgan fingerprint density at radius 3 is 2.34 bits per heavy atom. The maximum absolute atomic E-state index is 12.6. The number of urea groups is 1. The number of nitrogens with one attached hydrogen (secondary N) is 3. The van der Waals surface area contributed by atoms with Gasteiger partial charge in [-0.25, -0.2) is 4.79 Å². The Hall–Kier alpha value is -3.81. The second-order valence-corrected chi connectivity index (χ2v) is 8.79. The number of ether oxygens (including phenoxy) is 1. The zero-order valence-corrected chi connectivity index (χ0v) is 18.3. The number of benzene rings is 2. The van der Waals surface area contributed by atoms with Gasteiger partial charge in [0.15, 0.2) is 5.82 Å². The maximum atomic E-state index is 12.6. The lowest BCUT2D eigenvalue weighted by molar-refractivity contribution is -0.121. The molecule has 0 fully saturated rings. The molecule has 4 rings (SSSR count). The molecular weight excluding hydrogens is 408 g/mol. The first kappa shape index (κ1) is 21.4. The van der Waals surface area contributed by atoms with Crippen molar-refractivity contribution in [3.8, 4) is 5.75 Å². The second-order valence-electron chi connectivity index (χ2n) is 8.79. The third kappa shape index (κ3) is 5.08. The predicted octanol–water partition coefficient (Wildman–Crippen LogP) is 4.81. The molecular formula is C24H26N4O4. The van der Waals surface area contributed by atoms with Gasteiger partial charge < -0.3 is 19.9 Å². The minimum Gasteiger partial charge on any atom is -0.492 e. The first-order valence-corrected chi connectivity index (χ1v) is 10.4. The van der Waals surface area contributed by atoms with Gasteiger partial charge in [-0.3, -0.25) is 10.1 Å². The van der Waals surface area contributed by atoms with Crippen LogP contribution in [0.25, 0.3) is 0 Å². The Kier molecular flexibility index (Phi) is 5.85. The van der Waals surface area contributed by atoms with Gasteiger partial charge >= 0.3 is 6.03 Å². The Labute approximate surface area is 186 Å². The number of carbonyl (C=O) groups is 2. The van der Waals surface area contributed by atoms with Crippen LogP contribution in [0.3, 0.4) is 0 Å². The van der Waals surface area contributed by atoms with E-state index in [4.69, 9.17) is 9.26 Å². The van der Waals surface area contributed by atoms with Crippen molar-refractivity contribution in [3.63, 3.8) is 0 Å². The summed E-state index contributed by atoms with van der Waals surface area (Å²) in [4.78, 5) is 24.9. The van der Waals surface area contributed by atoms with E-state index in [1.807, 2.05) is 45.0 Å². The normalized spacial score (nSPS) is 15.3. The van der Waals surface area contributed by atoms with Crippen molar-refractivity contribution in [2.24, 2.45) is 5.92 Å². The first-order valence-electron chi connectivity index (χ1n) is 10.4. The molecule has 3 amide bonds. The Balaban J connectivity index is 1.30. The van der Waals surface area contributed by atoms with Crippen molar-refractivity contribution in [1.29, 1.82) is 0 Å². The minimum atomic E-state index is -0.437. The van der Waals surface area contributed by atoms with E-state index in [9.17, 15) is 9.59 Å². The van der Waals surface area contributed by atoms with Crippen LogP contribution < -0.4 is 20.7 Å². The number of anilines is 3. The molecule has 0 spiro atoms. The molecule has 1 unspecified atom stereocenters. The average molecular weight is 434 g/mol. The van der Waals surface area contributed by atoms with Crippen LogP contribution in [0.2, 0.25) is 0 Å². The molecule has 166 valence electrons. The minimum absolute atomic E-state index is 0.0985. The largest absolute Gasteiger partial charge is 0.492 e. The van der Waals surface area contributed by atoms with Gasteiger partial charge in [0, 0.05) is 22.9 Å². The van der Waals surface area contributed by atoms with Gasteiger partial charge in [-0.1, -0.05) is 44.1 Å². The summed E-state index contributed by atoms with van der Waals surface area (Å²) >= 11 is 0. The van der Waals surface area contributed by atoms with Crippen molar-refractivity contribution in [2.45, 2.75) is 32.6 Å². The molecule has 0 saturated heterocycles. The summed E-state index contributed by atoms with van der Waals surface area (Å²) in [7, 11) is 0. The SMILES string of the molecule is CC(C)(C)c1cc(NC(=O)Nc2ccc(NC(=O)C3COc4ccccc4C3)cc2)no1. The molecule has 0 saturated carbocycles. The molecule has 8 heteroatoms. The zero-order valence-electron chi connectivity index (χ0n) is 18.3. The molecule has 8 nitrogen and oxygen atoms in total. The van der Waals surface area contributed by atoms with E-state index in [1.165, 1.54) is 0 Å². The first-order chi connectivity index (χ1) is 15.3. The van der Waals surface area contributed by atoms with Crippen molar-refractivity contribution in [2.75, 3.05) is 22.6 Å². The highest BCUT2D eigenvalue weighted by molar-refractivity contribution is 5.99. The molecule has 1 atom stereocenters. The highest BCUT2D eigenvalue weighted by Gasteiger charge is 2.26. The lowest BCUT2D eigenvalue weighted by atomic mass is 9.93. The van der Waals surface area contributed by atoms with Crippen molar-refractivity contribution in [1.82, 2.24) is 5.16 Å². The van der Waals surface area contributed by atoms with Gasteiger partial charge in [0.2, 0.25) is 5.91 Å². The Morgan fingerprint density at radius 1 is 0.969 bits per heavy atom. The average Bonchev–Trinajstić information content (AvgIpc) is 3.23. The van der Waals surface area contributed by atoms with Crippen LogP contribution in [0.1, 0.15) is 32.1 Å². The summed E-state index contributed by atoms with van der Waals surface area (Å²) in [6.07, 6.45) is 0.640. The number of fused-ring (bicyclic) bond motifs is 1. The van der Waals surface area contributed by atoms with Crippen LogP contribution in [0.4, 0.5) is 22.0 Å². The number of rotatable bonds is 4. The topological polar surface area (TPSA) is 105 Å². The van der Waals surface area contributed by atoms with Gasteiger partial charge in [-0.15, -0.1) is 0 Å². The van der Waals surface area contributed by atoms with Crippen molar-refractivity contribution < 1.29 is 18.8 Å². The fourth-order valence-electron chi connectivity index (χ4n) is 3.34. The number of aromatic nitrogens is 1. The smallest absolute Gasteiger partial charge is 0.324 e. The molecule has 2 aromatic carbocycles. The fourth-order valence-corrected chi connectivity index (χ4v) is 3.34. The molecule has 1 aliphatic rings. The summed E-state index contributed by atoms with van der Waals surface area (Å²) in [5.74, 6) is 1.51. The van der Waals surface area contributed by atoms with E-state index in [1.54, 1.807) is 30.3 Å². The van der Waals surface area contributed by atoms with E-state index in [0.717, 1.165) is 11.3 Å². The zero-order chi connectivity index (χ0) is 22.7. The number of amides is 3. The monoisotopic (exact) mass is 434 g/mol.